The lowest BCUT2D eigenvalue weighted by molar-refractivity contribution is -0.870. The van der Waals surface area contributed by atoms with Crippen molar-refractivity contribution in [1.29, 1.82) is 0 Å². The third-order valence-corrected chi connectivity index (χ3v) is 16.6. The third kappa shape index (κ3) is 71.8. The Morgan fingerprint density at radius 3 is 0.966 bits per heavy atom. The van der Waals surface area contributed by atoms with Gasteiger partial charge in [0.2, 0.25) is 0 Å². The first kappa shape index (κ1) is 85.5. The number of likely N-dealkylation sites (N-methyl/N-ethyl adjacent to an activating group) is 1. The van der Waals surface area contributed by atoms with Crippen molar-refractivity contribution in [2.45, 2.75) is 360 Å². The van der Waals surface area contributed by atoms with Crippen molar-refractivity contribution in [2.75, 3.05) is 47.5 Å². The number of allylic oxidation sites excluding steroid dienone is 14. The van der Waals surface area contributed by atoms with E-state index in [-0.39, 0.29) is 32.2 Å². The molecule has 2 atom stereocenters. The zero-order valence-corrected chi connectivity index (χ0v) is 59.1. The number of esters is 2. The number of hydrogen-bond acceptors (Lipinski definition) is 7. The zero-order chi connectivity index (χ0) is 64.7. The van der Waals surface area contributed by atoms with Gasteiger partial charge in [-0.25, -0.2) is 4.79 Å². The molecular weight excluding hydrogens is 1100 g/mol. The SMILES string of the molecule is CC/C=C\C/C=C\C/C=C\C/C=C\C/C=C\C/C=C\CCCCCCC(=O)OC(COC(=O)CCCCCCCCCCCCCCCCCCCCCCCCCCCCCCC/C=C\CCCCCCCCCC)COC(OCC[N+](C)(C)C)C(=O)O. The Hall–Kier alpha value is -3.53. The highest BCUT2D eigenvalue weighted by molar-refractivity contribution is 5.71. The third-order valence-electron chi connectivity index (χ3n) is 16.6. The molecular formula is C80H144NO8+. The van der Waals surface area contributed by atoms with E-state index >= 15 is 0 Å². The molecule has 0 heterocycles. The second-order valence-corrected chi connectivity index (χ2v) is 26.6. The van der Waals surface area contributed by atoms with Gasteiger partial charge in [-0.2, -0.15) is 0 Å². The largest absolute Gasteiger partial charge is 0.477 e. The monoisotopic (exact) mass is 1250 g/mol. The standard InChI is InChI=1S/C80H143NO8/c1-6-8-10-12-14-16-18-20-22-24-26-28-30-31-32-33-34-35-36-37-38-39-40-41-42-43-44-45-46-47-49-50-52-54-56-58-60-62-64-66-68-70-77(82)87-74-76(75-88-80(79(84)85)86-73-72-81(3,4)5)89-78(83)71-69-67-65-63-61-59-57-55-53-51-48-29-27-25-23-21-19-17-15-13-11-9-7-2/h9,11,15,17,21,23-24,26-27,29,51,53,57,59,76,80H,6-8,10,12-14,16,18-20,22,25,28,30-50,52,54-56,58,60-75H2,1-5H3/p+1/b11-9-,17-15-,23-21-,26-24-,29-27-,53-51-,59-57-. The van der Waals surface area contributed by atoms with Gasteiger partial charge in [0.15, 0.2) is 6.10 Å². The number of carboxylic acid groups (broad SMARTS) is 1. The number of hydrogen-bond donors (Lipinski definition) is 1. The number of quaternary nitrogens is 1. The molecule has 0 saturated heterocycles. The van der Waals surface area contributed by atoms with Crippen molar-refractivity contribution in [3.8, 4) is 0 Å². The lowest BCUT2D eigenvalue weighted by atomic mass is 10.0. The average molecular weight is 1250 g/mol. The fourth-order valence-electron chi connectivity index (χ4n) is 10.9. The summed E-state index contributed by atoms with van der Waals surface area (Å²) in [6.07, 6.45) is 93.1. The van der Waals surface area contributed by atoms with Crippen molar-refractivity contribution < 1.29 is 42.9 Å². The van der Waals surface area contributed by atoms with Crippen LogP contribution >= 0.6 is 0 Å². The van der Waals surface area contributed by atoms with Crippen molar-refractivity contribution in [2.24, 2.45) is 0 Å². The predicted molar refractivity (Wildman–Crippen MR) is 382 cm³/mol. The van der Waals surface area contributed by atoms with Crippen molar-refractivity contribution in [3.05, 3.63) is 85.1 Å². The summed E-state index contributed by atoms with van der Waals surface area (Å²) in [6.45, 7) is 4.77. The molecule has 0 rings (SSSR count). The molecule has 9 heteroatoms. The molecule has 516 valence electrons. The number of nitrogens with zero attached hydrogens (tertiary/aromatic N) is 1. The highest BCUT2D eigenvalue weighted by Crippen LogP contribution is 2.19. The molecule has 1 N–H and O–H groups in total. The van der Waals surface area contributed by atoms with Crippen LogP contribution in [0.15, 0.2) is 85.1 Å². The van der Waals surface area contributed by atoms with Gasteiger partial charge in [0.1, 0.15) is 13.2 Å². The van der Waals surface area contributed by atoms with E-state index in [1.807, 2.05) is 21.1 Å². The minimum absolute atomic E-state index is 0.180. The van der Waals surface area contributed by atoms with E-state index in [2.05, 4.69) is 98.9 Å². The molecule has 0 aromatic rings. The molecule has 0 aromatic carbocycles. The molecule has 0 aliphatic carbocycles. The van der Waals surface area contributed by atoms with Gasteiger partial charge in [-0.3, -0.25) is 9.59 Å². The van der Waals surface area contributed by atoms with Crippen molar-refractivity contribution >= 4 is 17.9 Å². The molecule has 0 radical (unpaired) electrons. The fraction of sp³-hybridized carbons (Fsp3) is 0.787. The van der Waals surface area contributed by atoms with Crippen molar-refractivity contribution in [3.63, 3.8) is 0 Å². The first-order valence-corrected chi connectivity index (χ1v) is 37.8. The first-order chi connectivity index (χ1) is 43.6. The summed E-state index contributed by atoms with van der Waals surface area (Å²) in [5.74, 6) is -2.03. The van der Waals surface area contributed by atoms with E-state index in [4.69, 9.17) is 18.9 Å². The Balaban J connectivity index is 3.98. The Morgan fingerprint density at radius 1 is 0.348 bits per heavy atom. The van der Waals surface area contributed by atoms with Crippen LogP contribution in [-0.2, 0) is 33.3 Å². The minimum atomic E-state index is -1.52. The molecule has 0 aromatic heterocycles. The number of ether oxygens (including phenoxy) is 4. The molecule has 9 nitrogen and oxygen atoms in total. The lowest BCUT2D eigenvalue weighted by Gasteiger charge is -2.25. The quantitative estimate of drug-likeness (QED) is 0.0211. The Morgan fingerprint density at radius 2 is 0.640 bits per heavy atom. The summed E-state index contributed by atoms with van der Waals surface area (Å²) in [5.41, 5.74) is 0. The first-order valence-electron chi connectivity index (χ1n) is 37.8. The number of carbonyl (C=O) groups excluding carboxylic acids is 2. The maximum Gasteiger partial charge on any atom is 0.361 e. The van der Waals surface area contributed by atoms with E-state index in [9.17, 15) is 19.5 Å². The maximum atomic E-state index is 12.9. The molecule has 89 heavy (non-hydrogen) atoms. The van der Waals surface area contributed by atoms with Gasteiger partial charge >= 0.3 is 17.9 Å². The van der Waals surface area contributed by atoms with Crippen LogP contribution in [0.25, 0.3) is 0 Å². The van der Waals surface area contributed by atoms with Gasteiger partial charge in [-0.15, -0.1) is 0 Å². The molecule has 0 amide bonds. The number of carbonyl (C=O) groups is 3. The van der Waals surface area contributed by atoms with E-state index in [1.54, 1.807) is 0 Å². The smallest absolute Gasteiger partial charge is 0.361 e. The highest BCUT2D eigenvalue weighted by atomic mass is 16.7. The van der Waals surface area contributed by atoms with Crippen LogP contribution in [0.4, 0.5) is 0 Å². The van der Waals surface area contributed by atoms with Crippen LogP contribution in [0.2, 0.25) is 0 Å². The Kier molecular flexibility index (Phi) is 67.6. The number of carboxylic acids is 1. The predicted octanol–water partition coefficient (Wildman–Crippen LogP) is 23.8. The molecule has 0 saturated carbocycles. The fourth-order valence-corrected chi connectivity index (χ4v) is 10.9. The average Bonchev–Trinajstić information content (AvgIpc) is 3.64. The summed E-state index contributed by atoms with van der Waals surface area (Å²) in [4.78, 5) is 37.6. The van der Waals surface area contributed by atoms with Gasteiger partial charge in [0.25, 0.3) is 6.29 Å². The van der Waals surface area contributed by atoms with Crippen LogP contribution in [0.5, 0.6) is 0 Å². The molecule has 0 fully saturated rings. The number of rotatable bonds is 70. The Labute approximate surface area is 550 Å². The van der Waals surface area contributed by atoms with E-state index in [1.165, 1.54) is 231 Å². The van der Waals surface area contributed by atoms with Crippen LogP contribution in [0.1, 0.15) is 348 Å². The summed E-state index contributed by atoms with van der Waals surface area (Å²) < 4.78 is 23.0. The van der Waals surface area contributed by atoms with Crippen LogP contribution in [0.3, 0.4) is 0 Å². The second kappa shape index (κ2) is 70.3. The molecule has 0 aliphatic rings. The summed E-state index contributed by atoms with van der Waals surface area (Å²) in [5, 5.41) is 9.75. The van der Waals surface area contributed by atoms with Gasteiger partial charge in [0.05, 0.1) is 34.4 Å². The number of aliphatic carboxylic acids is 1. The van der Waals surface area contributed by atoms with Gasteiger partial charge < -0.3 is 28.5 Å². The minimum Gasteiger partial charge on any atom is -0.477 e. The maximum absolute atomic E-state index is 12.9. The summed E-state index contributed by atoms with van der Waals surface area (Å²) in [7, 11) is 5.97. The molecule has 2 unspecified atom stereocenters. The Bertz CT molecular complexity index is 1740. The normalized spacial score (nSPS) is 13.1. The van der Waals surface area contributed by atoms with Crippen LogP contribution in [0, 0.1) is 0 Å². The lowest BCUT2D eigenvalue weighted by Crippen LogP contribution is -2.40. The molecule has 0 spiro atoms. The van der Waals surface area contributed by atoms with Gasteiger partial charge in [-0.1, -0.05) is 330 Å². The number of unbranched alkanes of at least 4 members (excludes halogenated alkanes) is 41. The van der Waals surface area contributed by atoms with Gasteiger partial charge in [0, 0.05) is 12.8 Å². The molecule has 0 bridgehead atoms. The van der Waals surface area contributed by atoms with E-state index in [0.29, 0.717) is 23.9 Å². The highest BCUT2D eigenvalue weighted by Gasteiger charge is 2.25. The summed E-state index contributed by atoms with van der Waals surface area (Å²) >= 11 is 0. The van der Waals surface area contributed by atoms with Crippen LogP contribution in [-0.4, -0.2) is 87.4 Å². The summed E-state index contributed by atoms with van der Waals surface area (Å²) in [6, 6.07) is 0. The van der Waals surface area contributed by atoms with Crippen LogP contribution < -0.4 is 0 Å². The van der Waals surface area contributed by atoms with Crippen molar-refractivity contribution in [1.82, 2.24) is 0 Å². The zero-order valence-electron chi connectivity index (χ0n) is 59.1. The van der Waals surface area contributed by atoms with Gasteiger partial charge in [-0.05, 0) is 89.9 Å². The molecule has 0 aliphatic heterocycles. The topological polar surface area (TPSA) is 108 Å². The van der Waals surface area contributed by atoms with E-state index < -0.39 is 24.3 Å². The second-order valence-electron chi connectivity index (χ2n) is 26.6. The van der Waals surface area contributed by atoms with E-state index in [0.717, 1.165) is 83.5 Å².